The molecule has 2 amide bonds. The first-order chi connectivity index (χ1) is 12.2. The van der Waals surface area contributed by atoms with Crippen LogP contribution < -0.4 is 16.1 Å². The van der Waals surface area contributed by atoms with Crippen molar-refractivity contribution in [3.05, 3.63) is 18.2 Å². The van der Waals surface area contributed by atoms with E-state index in [1.807, 2.05) is 13.8 Å². The molecular formula is C16H24N4O5S. The molecule has 0 radical (unpaired) electrons. The van der Waals surface area contributed by atoms with Gasteiger partial charge in [0.25, 0.3) is 5.91 Å². The van der Waals surface area contributed by atoms with Crippen molar-refractivity contribution in [2.75, 3.05) is 23.7 Å². The van der Waals surface area contributed by atoms with Gasteiger partial charge in [0.05, 0.1) is 5.69 Å². The van der Waals surface area contributed by atoms with Crippen LogP contribution in [-0.2, 0) is 19.6 Å². The number of sulfonamides is 1. The van der Waals surface area contributed by atoms with Crippen molar-refractivity contribution < 1.29 is 23.2 Å². The van der Waals surface area contributed by atoms with Crippen molar-refractivity contribution in [1.29, 1.82) is 0 Å². The number of hydroxylamine groups is 1. The molecule has 0 bridgehead atoms. The molecule has 1 heterocycles. The lowest BCUT2D eigenvalue weighted by atomic mass is 10.0. The minimum absolute atomic E-state index is 0.0172. The maximum atomic E-state index is 13.1. The zero-order valence-electron chi connectivity index (χ0n) is 14.9. The average molecular weight is 384 g/mol. The summed E-state index contributed by atoms with van der Waals surface area (Å²) in [6, 6.07) is 3.41. The summed E-state index contributed by atoms with van der Waals surface area (Å²) >= 11 is 0. The average Bonchev–Trinajstić information content (AvgIpc) is 2.67. The third kappa shape index (κ3) is 4.32. The minimum atomic E-state index is -3.98. The number of benzene rings is 1. The molecule has 1 aliphatic rings. The summed E-state index contributed by atoms with van der Waals surface area (Å²) in [4.78, 5) is 23.3. The van der Waals surface area contributed by atoms with E-state index in [-0.39, 0.29) is 36.2 Å². The highest BCUT2D eigenvalue weighted by atomic mass is 32.2. The summed E-state index contributed by atoms with van der Waals surface area (Å²) in [5.41, 5.74) is 2.39. The Morgan fingerprint density at radius 3 is 2.62 bits per heavy atom. The van der Waals surface area contributed by atoms with Gasteiger partial charge in [-0.05, 0) is 30.5 Å². The molecule has 0 saturated heterocycles. The first-order valence-electron chi connectivity index (χ1n) is 8.28. The third-order valence-corrected chi connectivity index (χ3v) is 5.96. The van der Waals surface area contributed by atoms with E-state index >= 15 is 0 Å². The van der Waals surface area contributed by atoms with Crippen LogP contribution in [0.5, 0.6) is 0 Å². The summed E-state index contributed by atoms with van der Waals surface area (Å²) in [5, 5.41) is 14.7. The summed E-state index contributed by atoms with van der Waals surface area (Å²) in [7, 11) is -3.98. The van der Waals surface area contributed by atoms with E-state index in [2.05, 4.69) is 10.6 Å². The zero-order chi connectivity index (χ0) is 19.5. The molecule has 1 unspecified atom stereocenters. The summed E-state index contributed by atoms with van der Waals surface area (Å²) < 4.78 is 27.4. The number of amides is 2. The number of fused-ring (bicyclic) bond motifs is 1. The standard InChI is InChI=1S/C16H24N4O5S/c1-10(2)8-14(16(22)19-23)20-7-6-17-13-9-12(18-11(3)21)4-5-15(13)26(20,24)25/h4-5,9-10,14,17,23H,6-8H2,1-3H3,(H,18,21)(H,19,22). The smallest absolute Gasteiger partial charge is 0.261 e. The van der Waals surface area contributed by atoms with Crippen molar-refractivity contribution >= 4 is 33.2 Å². The second-order valence-corrected chi connectivity index (χ2v) is 8.42. The fraction of sp³-hybridized carbons (Fsp3) is 0.500. The maximum absolute atomic E-state index is 13.1. The molecule has 0 fully saturated rings. The summed E-state index contributed by atoms with van der Waals surface area (Å²) in [6.45, 7) is 5.45. The van der Waals surface area contributed by atoms with Crippen molar-refractivity contribution in [3.63, 3.8) is 0 Å². The van der Waals surface area contributed by atoms with E-state index in [1.165, 1.54) is 19.1 Å². The Morgan fingerprint density at radius 1 is 1.35 bits per heavy atom. The van der Waals surface area contributed by atoms with E-state index in [0.29, 0.717) is 11.4 Å². The summed E-state index contributed by atoms with van der Waals surface area (Å²) in [6.07, 6.45) is 0.269. The van der Waals surface area contributed by atoms with Gasteiger partial charge in [-0.15, -0.1) is 0 Å². The van der Waals surface area contributed by atoms with Gasteiger partial charge in [0, 0.05) is 25.7 Å². The molecule has 0 saturated carbocycles. The van der Waals surface area contributed by atoms with Gasteiger partial charge in [0.15, 0.2) is 0 Å². The highest BCUT2D eigenvalue weighted by molar-refractivity contribution is 7.89. The first kappa shape index (κ1) is 20.1. The molecule has 4 N–H and O–H groups in total. The Labute approximate surface area is 152 Å². The van der Waals surface area contributed by atoms with Crippen molar-refractivity contribution in [3.8, 4) is 0 Å². The number of carbonyl (C=O) groups is 2. The zero-order valence-corrected chi connectivity index (χ0v) is 15.8. The molecule has 0 aromatic heterocycles. The molecule has 144 valence electrons. The highest BCUT2D eigenvalue weighted by Gasteiger charge is 2.38. The number of nitrogens with one attached hydrogen (secondary N) is 3. The lowest BCUT2D eigenvalue weighted by Crippen LogP contribution is -2.50. The monoisotopic (exact) mass is 384 g/mol. The molecule has 26 heavy (non-hydrogen) atoms. The van der Waals surface area contributed by atoms with Crippen LogP contribution in [-0.4, -0.2) is 48.9 Å². The van der Waals surface area contributed by atoms with E-state index in [1.54, 1.807) is 11.5 Å². The molecule has 2 rings (SSSR count). The molecule has 0 spiro atoms. The van der Waals surface area contributed by atoms with Crippen LogP contribution in [0.2, 0.25) is 0 Å². The fourth-order valence-electron chi connectivity index (χ4n) is 2.92. The summed E-state index contributed by atoms with van der Waals surface area (Å²) in [5.74, 6) is -0.981. The Kier molecular flexibility index (Phi) is 6.21. The van der Waals surface area contributed by atoms with Crippen LogP contribution in [0.4, 0.5) is 11.4 Å². The van der Waals surface area contributed by atoms with Gasteiger partial charge >= 0.3 is 0 Å². The normalized spacial score (nSPS) is 17.6. The largest absolute Gasteiger partial charge is 0.383 e. The number of anilines is 2. The van der Waals surface area contributed by atoms with Crippen LogP contribution in [0.1, 0.15) is 27.2 Å². The fourth-order valence-corrected chi connectivity index (χ4v) is 4.67. The molecule has 1 aliphatic heterocycles. The van der Waals surface area contributed by atoms with Crippen molar-refractivity contribution in [1.82, 2.24) is 9.79 Å². The highest BCUT2D eigenvalue weighted by Crippen LogP contribution is 2.32. The Morgan fingerprint density at radius 2 is 2.04 bits per heavy atom. The molecule has 0 aliphatic carbocycles. The second kappa shape index (κ2) is 8.02. The maximum Gasteiger partial charge on any atom is 0.261 e. The Hall–Kier alpha value is -2.17. The van der Waals surface area contributed by atoms with E-state index in [0.717, 1.165) is 4.31 Å². The van der Waals surface area contributed by atoms with Gasteiger partial charge < -0.3 is 10.6 Å². The molecule has 1 aromatic carbocycles. The van der Waals surface area contributed by atoms with Crippen LogP contribution >= 0.6 is 0 Å². The lowest BCUT2D eigenvalue weighted by molar-refractivity contribution is -0.133. The van der Waals surface area contributed by atoms with Gasteiger partial charge in [-0.2, -0.15) is 4.31 Å². The minimum Gasteiger partial charge on any atom is -0.383 e. The Bertz CT molecular complexity index is 794. The van der Waals surface area contributed by atoms with Gasteiger partial charge in [-0.1, -0.05) is 13.8 Å². The molecule has 9 nitrogen and oxygen atoms in total. The SMILES string of the molecule is CC(=O)Nc1ccc2c(c1)NCCN(C(CC(C)C)C(=O)NO)S2(=O)=O. The molecular weight excluding hydrogens is 360 g/mol. The predicted molar refractivity (Wildman–Crippen MR) is 96.3 cm³/mol. The number of hydrogen-bond acceptors (Lipinski definition) is 6. The van der Waals surface area contributed by atoms with Crippen LogP contribution in [0.3, 0.4) is 0 Å². The van der Waals surface area contributed by atoms with Gasteiger partial charge in [0.1, 0.15) is 10.9 Å². The molecule has 10 heteroatoms. The van der Waals surface area contributed by atoms with Gasteiger partial charge in [0.2, 0.25) is 15.9 Å². The molecule has 1 atom stereocenters. The van der Waals surface area contributed by atoms with E-state index in [4.69, 9.17) is 5.21 Å². The number of nitrogens with zero attached hydrogens (tertiary/aromatic N) is 1. The van der Waals surface area contributed by atoms with Gasteiger partial charge in [-0.3, -0.25) is 14.8 Å². The van der Waals surface area contributed by atoms with Crippen LogP contribution in [0.15, 0.2) is 23.1 Å². The number of carbonyl (C=O) groups excluding carboxylic acids is 2. The topological polar surface area (TPSA) is 128 Å². The van der Waals surface area contributed by atoms with Crippen LogP contribution in [0, 0.1) is 5.92 Å². The second-order valence-electron chi connectivity index (χ2n) is 6.56. The lowest BCUT2D eigenvalue weighted by Gasteiger charge is -2.29. The molecule has 1 aromatic rings. The number of rotatable bonds is 5. The van der Waals surface area contributed by atoms with Crippen LogP contribution in [0.25, 0.3) is 0 Å². The Balaban J connectivity index is 2.46. The predicted octanol–water partition coefficient (Wildman–Crippen LogP) is 0.981. The van der Waals surface area contributed by atoms with Crippen molar-refractivity contribution in [2.24, 2.45) is 5.92 Å². The van der Waals surface area contributed by atoms with E-state index < -0.39 is 22.0 Å². The first-order valence-corrected chi connectivity index (χ1v) is 9.72. The van der Waals surface area contributed by atoms with Crippen molar-refractivity contribution in [2.45, 2.75) is 38.1 Å². The third-order valence-electron chi connectivity index (χ3n) is 3.99. The number of hydrogen-bond donors (Lipinski definition) is 4. The van der Waals surface area contributed by atoms with Gasteiger partial charge in [-0.25, -0.2) is 13.9 Å². The van der Waals surface area contributed by atoms with E-state index in [9.17, 15) is 18.0 Å². The quantitative estimate of drug-likeness (QED) is 0.443.